The molecule has 0 atom stereocenters. The number of para-hydroxylation sites is 1. The van der Waals surface area contributed by atoms with Gasteiger partial charge < -0.3 is 29.7 Å². The van der Waals surface area contributed by atoms with Crippen molar-refractivity contribution < 1.29 is 14.2 Å². The highest BCUT2D eigenvalue weighted by molar-refractivity contribution is 5.90. The third-order valence-corrected chi connectivity index (χ3v) is 7.74. The summed E-state index contributed by atoms with van der Waals surface area (Å²) in [6.45, 7) is 2.11. The van der Waals surface area contributed by atoms with Crippen LogP contribution in [0.3, 0.4) is 0 Å². The molecule has 8 nitrogen and oxygen atoms in total. The van der Waals surface area contributed by atoms with Crippen molar-refractivity contribution in [3.63, 3.8) is 0 Å². The van der Waals surface area contributed by atoms with Crippen LogP contribution in [0.1, 0.15) is 36.8 Å². The summed E-state index contributed by atoms with van der Waals surface area (Å²) in [6.07, 6.45) is 4.51. The molecule has 1 aliphatic carbocycles. The Morgan fingerprint density at radius 3 is 2.32 bits per heavy atom. The molecule has 3 aromatic carbocycles. The van der Waals surface area contributed by atoms with Gasteiger partial charge >= 0.3 is 0 Å². The van der Waals surface area contributed by atoms with Crippen molar-refractivity contribution in [3.05, 3.63) is 77.9 Å². The molecule has 2 N–H and O–H groups in total. The highest BCUT2D eigenvalue weighted by Crippen LogP contribution is 2.40. The minimum atomic E-state index is 0.381. The number of nitrogens with one attached hydrogen (secondary N) is 2. The van der Waals surface area contributed by atoms with E-state index in [-0.39, 0.29) is 0 Å². The van der Waals surface area contributed by atoms with Crippen LogP contribution < -0.4 is 29.7 Å². The molecule has 0 spiro atoms. The summed E-state index contributed by atoms with van der Waals surface area (Å²) in [5.41, 5.74) is 3.13. The summed E-state index contributed by atoms with van der Waals surface area (Å²) in [6, 6.07) is 22.7. The standard InChI is InChI=1S/C33H41N5O3/c1-38(2)32-27-12-8-9-13-28(27)36-33(37-32)35-26-17-14-23(15-18-26)20-34-21-25-16-19-29(39-3)31(40-4)30(25)41-22-24-10-6-5-7-11-24/h5-13,16,19,23,26,34H,14-15,17-18,20-22H2,1-4H3,(H,35,36,37). The van der Waals surface area contributed by atoms with Gasteiger partial charge in [-0.1, -0.05) is 48.5 Å². The lowest BCUT2D eigenvalue weighted by atomic mass is 9.86. The molecule has 4 aromatic rings. The molecule has 1 heterocycles. The van der Waals surface area contributed by atoms with Gasteiger partial charge in [-0.15, -0.1) is 0 Å². The fourth-order valence-electron chi connectivity index (χ4n) is 5.54. The molecule has 0 unspecified atom stereocenters. The van der Waals surface area contributed by atoms with Gasteiger partial charge in [0.2, 0.25) is 11.7 Å². The van der Waals surface area contributed by atoms with Gasteiger partial charge in [0.05, 0.1) is 19.7 Å². The molecule has 1 aromatic heterocycles. The summed E-state index contributed by atoms with van der Waals surface area (Å²) in [7, 11) is 7.35. The van der Waals surface area contributed by atoms with Crippen LogP contribution in [0, 0.1) is 5.92 Å². The largest absolute Gasteiger partial charge is 0.493 e. The Labute approximate surface area is 243 Å². The number of ether oxygens (including phenoxy) is 3. The van der Waals surface area contributed by atoms with Crippen molar-refractivity contribution in [3.8, 4) is 17.2 Å². The van der Waals surface area contributed by atoms with Crippen molar-refractivity contribution in [2.24, 2.45) is 5.92 Å². The van der Waals surface area contributed by atoms with Gasteiger partial charge in [-0.3, -0.25) is 0 Å². The second kappa shape index (κ2) is 13.5. The maximum atomic E-state index is 6.28. The summed E-state index contributed by atoms with van der Waals surface area (Å²) in [4.78, 5) is 11.7. The topological polar surface area (TPSA) is 80.8 Å². The molecule has 1 fully saturated rings. The predicted octanol–water partition coefficient (Wildman–Crippen LogP) is 6.05. The van der Waals surface area contributed by atoms with E-state index in [2.05, 4.69) is 34.9 Å². The van der Waals surface area contributed by atoms with E-state index in [9.17, 15) is 0 Å². The van der Waals surface area contributed by atoms with Crippen molar-refractivity contribution in [2.75, 3.05) is 45.1 Å². The highest BCUT2D eigenvalue weighted by Gasteiger charge is 2.23. The Balaban J connectivity index is 1.16. The van der Waals surface area contributed by atoms with Crippen LogP contribution in [0.4, 0.5) is 11.8 Å². The minimum Gasteiger partial charge on any atom is -0.493 e. The second-order valence-electron chi connectivity index (χ2n) is 10.8. The monoisotopic (exact) mass is 555 g/mol. The molecule has 0 aliphatic heterocycles. The molecule has 0 amide bonds. The van der Waals surface area contributed by atoms with Gasteiger partial charge in [0, 0.05) is 37.6 Å². The Hall–Kier alpha value is -4.04. The molecular formula is C33H41N5O3. The molecule has 0 radical (unpaired) electrons. The number of rotatable bonds is 12. The Morgan fingerprint density at radius 1 is 0.829 bits per heavy atom. The first-order chi connectivity index (χ1) is 20.1. The van der Waals surface area contributed by atoms with Crippen molar-refractivity contribution in [1.82, 2.24) is 15.3 Å². The van der Waals surface area contributed by atoms with E-state index in [1.165, 1.54) is 0 Å². The summed E-state index contributed by atoms with van der Waals surface area (Å²) in [5, 5.41) is 8.36. The van der Waals surface area contributed by atoms with Gasteiger partial charge in [0.15, 0.2) is 11.5 Å². The van der Waals surface area contributed by atoms with E-state index in [1.807, 2.05) is 61.5 Å². The molecule has 0 bridgehead atoms. The summed E-state index contributed by atoms with van der Waals surface area (Å²) in [5.74, 6) is 4.30. The minimum absolute atomic E-state index is 0.381. The average Bonchev–Trinajstić information content (AvgIpc) is 3.00. The smallest absolute Gasteiger partial charge is 0.225 e. The number of anilines is 2. The molecule has 5 rings (SSSR count). The molecule has 216 valence electrons. The van der Waals surface area contributed by atoms with E-state index in [0.717, 1.165) is 65.8 Å². The molecular weight excluding hydrogens is 514 g/mol. The van der Waals surface area contributed by atoms with Gasteiger partial charge in [0.25, 0.3) is 0 Å². The number of hydrogen-bond acceptors (Lipinski definition) is 8. The Kier molecular flexibility index (Phi) is 9.41. The maximum Gasteiger partial charge on any atom is 0.225 e. The normalized spacial score (nSPS) is 16.8. The van der Waals surface area contributed by atoms with Gasteiger partial charge in [-0.25, -0.2) is 4.98 Å². The first-order valence-electron chi connectivity index (χ1n) is 14.4. The zero-order valence-corrected chi connectivity index (χ0v) is 24.5. The summed E-state index contributed by atoms with van der Waals surface area (Å²) >= 11 is 0. The van der Waals surface area contributed by atoms with Gasteiger partial charge in [0.1, 0.15) is 12.4 Å². The fraction of sp³-hybridized carbons (Fsp3) is 0.394. The third-order valence-electron chi connectivity index (χ3n) is 7.74. The van der Waals surface area contributed by atoms with Crippen LogP contribution in [-0.2, 0) is 13.2 Å². The lowest BCUT2D eigenvalue weighted by Crippen LogP contribution is -2.31. The number of nitrogens with zero attached hydrogens (tertiary/aromatic N) is 3. The lowest BCUT2D eigenvalue weighted by Gasteiger charge is -2.29. The lowest BCUT2D eigenvalue weighted by molar-refractivity contribution is 0.271. The van der Waals surface area contributed by atoms with Crippen LogP contribution in [0.25, 0.3) is 10.9 Å². The van der Waals surface area contributed by atoms with Crippen LogP contribution >= 0.6 is 0 Å². The highest BCUT2D eigenvalue weighted by atomic mass is 16.5. The fourth-order valence-corrected chi connectivity index (χ4v) is 5.54. The molecule has 8 heteroatoms. The zero-order chi connectivity index (χ0) is 28.6. The number of hydrogen-bond donors (Lipinski definition) is 2. The van der Waals surface area contributed by atoms with Gasteiger partial charge in [-0.2, -0.15) is 4.98 Å². The predicted molar refractivity (Wildman–Crippen MR) is 165 cm³/mol. The van der Waals surface area contributed by atoms with Crippen LogP contribution in [0.15, 0.2) is 66.7 Å². The van der Waals surface area contributed by atoms with E-state index in [4.69, 9.17) is 24.2 Å². The van der Waals surface area contributed by atoms with Crippen LogP contribution in [0.2, 0.25) is 0 Å². The van der Waals surface area contributed by atoms with E-state index < -0.39 is 0 Å². The molecule has 0 saturated heterocycles. The van der Waals surface area contributed by atoms with Crippen LogP contribution in [-0.4, -0.2) is 50.9 Å². The zero-order valence-electron chi connectivity index (χ0n) is 24.5. The SMILES string of the molecule is COc1ccc(CNCC2CCC(Nc3nc(N(C)C)c4ccccc4n3)CC2)c(OCc2ccccc2)c1OC. The van der Waals surface area contributed by atoms with Crippen molar-refractivity contribution in [2.45, 2.75) is 44.9 Å². The second-order valence-corrected chi connectivity index (χ2v) is 10.8. The molecule has 41 heavy (non-hydrogen) atoms. The number of methoxy groups -OCH3 is 2. The Bertz CT molecular complexity index is 1420. The molecule has 1 saturated carbocycles. The van der Waals surface area contributed by atoms with E-state index >= 15 is 0 Å². The number of fused-ring (bicyclic) bond motifs is 1. The van der Waals surface area contributed by atoms with E-state index in [1.54, 1.807) is 14.2 Å². The third kappa shape index (κ3) is 7.00. The number of benzene rings is 3. The first kappa shape index (κ1) is 28.5. The van der Waals surface area contributed by atoms with Crippen LogP contribution in [0.5, 0.6) is 17.2 Å². The Morgan fingerprint density at radius 2 is 1.59 bits per heavy atom. The molecule has 1 aliphatic rings. The average molecular weight is 556 g/mol. The van der Waals surface area contributed by atoms with Gasteiger partial charge in [-0.05, 0) is 61.9 Å². The maximum absolute atomic E-state index is 6.28. The quantitative estimate of drug-likeness (QED) is 0.219. The number of aromatic nitrogens is 2. The van der Waals surface area contributed by atoms with E-state index in [0.29, 0.717) is 42.6 Å². The summed E-state index contributed by atoms with van der Waals surface area (Å²) < 4.78 is 17.5. The first-order valence-corrected chi connectivity index (χ1v) is 14.4. The van der Waals surface area contributed by atoms with Crippen molar-refractivity contribution in [1.29, 1.82) is 0 Å². The van der Waals surface area contributed by atoms with Crippen molar-refractivity contribution >= 4 is 22.7 Å².